The molecule has 2 aromatic heterocycles. The van der Waals surface area contributed by atoms with Crippen molar-refractivity contribution in [3.05, 3.63) is 34.1 Å². The number of H-pyrrole nitrogens is 1. The number of carboxylic acid groups (broad SMARTS) is 1. The highest BCUT2D eigenvalue weighted by atomic mass is 35.5. The number of carboxylic acids is 1. The summed E-state index contributed by atoms with van der Waals surface area (Å²) in [4.78, 5) is 41.1. The van der Waals surface area contributed by atoms with Crippen molar-refractivity contribution in [2.75, 3.05) is 25.1 Å². The number of nitrogens with one attached hydrogen (secondary N) is 2. The highest BCUT2D eigenvalue weighted by Crippen LogP contribution is 2.20. The Bertz CT molecular complexity index is 918. The van der Waals surface area contributed by atoms with Crippen molar-refractivity contribution in [1.82, 2.24) is 25.3 Å². The predicted octanol–water partition coefficient (Wildman–Crippen LogP) is 1.45. The maximum atomic E-state index is 12.5. The summed E-state index contributed by atoms with van der Waals surface area (Å²) >= 11 is 6.01. The lowest BCUT2D eigenvalue weighted by molar-refractivity contribution is 0.0534. The number of nitrogens with zero attached hydrogens (tertiary/aromatic N) is 4. The van der Waals surface area contributed by atoms with Crippen LogP contribution < -0.4 is 10.2 Å². The van der Waals surface area contributed by atoms with Crippen LogP contribution in [0.5, 0.6) is 0 Å². The van der Waals surface area contributed by atoms with Crippen LogP contribution in [0.25, 0.3) is 0 Å². The van der Waals surface area contributed by atoms with Gasteiger partial charge in [0.1, 0.15) is 0 Å². The summed E-state index contributed by atoms with van der Waals surface area (Å²) in [6, 6.07) is 1.17. The van der Waals surface area contributed by atoms with Gasteiger partial charge in [0, 0.05) is 25.9 Å². The van der Waals surface area contributed by atoms with Crippen LogP contribution in [-0.2, 0) is 11.2 Å². The van der Waals surface area contributed by atoms with Gasteiger partial charge in [-0.05, 0) is 25.8 Å². The molecule has 0 aromatic carbocycles. The first-order valence-electron chi connectivity index (χ1n) is 9.24. The quantitative estimate of drug-likeness (QED) is 0.636. The minimum Gasteiger partial charge on any atom is -0.477 e. The second-order valence-corrected chi connectivity index (χ2v) is 7.15. The van der Waals surface area contributed by atoms with Crippen molar-refractivity contribution < 1.29 is 19.4 Å². The fourth-order valence-electron chi connectivity index (χ4n) is 3.27. The molecule has 1 saturated heterocycles. The van der Waals surface area contributed by atoms with E-state index in [0.717, 1.165) is 0 Å². The molecule has 1 aliphatic heterocycles. The highest BCUT2D eigenvalue weighted by Gasteiger charge is 2.32. The van der Waals surface area contributed by atoms with Gasteiger partial charge in [-0.15, -0.1) is 0 Å². The van der Waals surface area contributed by atoms with Crippen LogP contribution in [0, 0.1) is 6.92 Å². The number of hydrogen-bond donors (Lipinski definition) is 3. The lowest BCUT2D eigenvalue weighted by Gasteiger charge is -2.38. The third-order valence-corrected chi connectivity index (χ3v) is 5.13. The number of methoxy groups -OCH3 is 1. The first-order valence-corrected chi connectivity index (χ1v) is 9.62. The topological polar surface area (TPSA) is 133 Å². The molecule has 0 aliphatic carbocycles. The summed E-state index contributed by atoms with van der Waals surface area (Å²) < 4.78 is 5.57. The largest absolute Gasteiger partial charge is 0.477 e. The molecule has 3 heterocycles. The first-order chi connectivity index (χ1) is 13.8. The zero-order valence-corrected chi connectivity index (χ0v) is 17.2. The van der Waals surface area contributed by atoms with Crippen LogP contribution >= 0.6 is 11.6 Å². The average molecular weight is 423 g/mol. The Kier molecular flexibility index (Phi) is 6.33. The molecule has 0 spiro atoms. The van der Waals surface area contributed by atoms with E-state index in [9.17, 15) is 14.7 Å². The van der Waals surface area contributed by atoms with E-state index in [1.54, 1.807) is 14.0 Å². The number of halogens is 1. The lowest BCUT2D eigenvalue weighted by atomic mass is 10.0. The van der Waals surface area contributed by atoms with Crippen LogP contribution in [-0.4, -0.2) is 69.3 Å². The fourth-order valence-corrected chi connectivity index (χ4v) is 3.54. The second-order valence-electron chi connectivity index (χ2n) is 6.80. The molecular formula is C18H23ClN6O4. The van der Waals surface area contributed by atoms with Gasteiger partial charge in [-0.25, -0.2) is 19.7 Å². The van der Waals surface area contributed by atoms with Gasteiger partial charge in [-0.1, -0.05) is 18.5 Å². The number of aryl methyl sites for hydroxylation is 2. The number of piperidine rings is 1. The van der Waals surface area contributed by atoms with Crippen molar-refractivity contribution in [2.24, 2.45) is 0 Å². The van der Waals surface area contributed by atoms with Crippen molar-refractivity contribution >= 4 is 29.4 Å². The molecule has 3 N–H and O–H groups in total. The van der Waals surface area contributed by atoms with Crippen LogP contribution in [0.2, 0.25) is 5.15 Å². The normalized spacial score (nSPS) is 19.2. The van der Waals surface area contributed by atoms with Gasteiger partial charge in [0.25, 0.3) is 5.91 Å². The SMILES string of the molecule is CCc1[nH]c(C(=O)NC2CCN(c3nc(C)cc(C(=O)O)n3)CC2OC)nc1Cl. The summed E-state index contributed by atoms with van der Waals surface area (Å²) in [7, 11) is 1.56. The monoisotopic (exact) mass is 422 g/mol. The number of aromatic amines is 1. The Morgan fingerprint density at radius 2 is 2.17 bits per heavy atom. The van der Waals surface area contributed by atoms with Gasteiger partial charge in [-0.2, -0.15) is 0 Å². The van der Waals surface area contributed by atoms with Gasteiger partial charge in [-0.3, -0.25) is 4.79 Å². The Hall–Kier alpha value is -2.72. The molecule has 0 radical (unpaired) electrons. The van der Waals surface area contributed by atoms with Gasteiger partial charge in [0.15, 0.2) is 16.7 Å². The van der Waals surface area contributed by atoms with E-state index in [0.29, 0.717) is 48.4 Å². The van der Waals surface area contributed by atoms with Crippen molar-refractivity contribution in [2.45, 2.75) is 38.8 Å². The minimum absolute atomic E-state index is 0.0571. The van der Waals surface area contributed by atoms with E-state index in [-0.39, 0.29) is 29.6 Å². The molecule has 1 aliphatic rings. The molecule has 2 aromatic rings. The fraction of sp³-hybridized carbons (Fsp3) is 0.500. The smallest absolute Gasteiger partial charge is 0.354 e. The van der Waals surface area contributed by atoms with Gasteiger partial charge in [0.2, 0.25) is 5.95 Å². The maximum Gasteiger partial charge on any atom is 0.354 e. The number of anilines is 1. The van der Waals surface area contributed by atoms with Crippen molar-refractivity contribution in [3.8, 4) is 0 Å². The van der Waals surface area contributed by atoms with E-state index >= 15 is 0 Å². The maximum absolute atomic E-state index is 12.5. The third kappa shape index (κ3) is 4.65. The zero-order chi connectivity index (χ0) is 21.1. The van der Waals surface area contributed by atoms with Gasteiger partial charge < -0.3 is 25.0 Å². The van der Waals surface area contributed by atoms with Crippen LogP contribution in [0.1, 0.15) is 45.8 Å². The highest BCUT2D eigenvalue weighted by molar-refractivity contribution is 6.30. The number of carbonyl (C=O) groups excluding carboxylic acids is 1. The Labute approximate surface area is 172 Å². The van der Waals surface area contributed by atoms with E-state index in [4.69, 9.17) is 16.3 Å². The molecule has 11 heteroatoms. The summed E-state index contributed by atoms with van der Waals surface area (Å²) in [5.41, 5.74) is 1.22. The molecule has 1 amide bonds. The Balaban J connectivity index is 1.71. The second kappa shape index (κ2) is 8.75. The molecule has 2 atom stereocenters. The molecule has 0 bridgehead atoms. The Morgan fingerprint density at radius 3 is 2.79 bits per heavy atom. The number of amides is 1. The number of carbonyl (C=O) groups is 2. The summed E-state index contributed by atoms with van der Waals surface area (Å²) in [6.45, 7) is 4.58. The molecule has 156 valence electrons. The summed E-state index contributed by atoms with van der Waals surface area (Å²) in [5, 5.41) is 12.4. The van der Waals surface area contributed by atoms with Gasteiger partial charge >= 0.3 is 5.97 Å². The summed E-state index contributed by atoms with van der Waals surface area (Å²) in [6.07, 6.45) is 0.882. The molecule has 2 unspecified atom stereocenters. The first kappa shape index (κ1) is 21.0. The molecule has 1 fully saturated rings. The number of imidazole rings is 1. The zero-order valence-electron chi connectivity index (χ0n) is 16.4. The van der Waals surface area contributed by atoms with E-state index in [1.807, 2.05) is 11.8 Å². The molecule has 10 nitrogen and oxygen atoms in total. The van der Waals surface area contributed by atoms with Crippen molar-refractivity contribution in [3.63, 3.8) is 0 Å². The number of ether oxygens (including phenoxy) is 1. The molecule has 3 rings (SSSR count). The average Bonchev–Trinajstić information content (AvgIpc) is 3.08. The third-order valence-electron chi connectivity index (χ3n) is 4.82. The summed E-state index contributed by atoms with van der Waals surface area (Å²) in [5.74, 6) is -0.963. The number of aromatic carboxylic acids is 1. The van der Waals surface area contributed by atoms with E-state index < -0.39 is 5.97 Å². The van der Waals surface area contributed by atoms with Crippen molar-refractivity contribution in [1.29, 1.82) is 0 Å². The molecule has 0 saturated carbocycles. The standard InChI is InChI=1S/C18H23ClN6O4/c1-4-10-14(19)24-15(21-10)16(26)22-11-5-6-25(8-13(11)29-3)18-20-9(2)7-12(23-18)17(27)28/h7,11,13H,4-6,8H2,1-3H3,(H,21,24)(H,22,26)(H,27,28). The predicted molar refractivity (Wildman–Crippen MR) is 106 cm³/mol. The van der Waals surface area contributed by atoms with E-state index in [2.05, 4.69) is 25.3 Å². The number of aromatic nitrogens is 4. The minimum atomic E-state index is -1.11. The lowest BCUT2D eigenvalue weighted by Crippen LogP contribution is -2.55. The Morgan fingerprint density at radius 1 is 1.41 bits per heavy atom. The van der Waals surface area contributed by atoms with Gasteiger partial charge in [0.05, 0.1) is 17.8 Å². The van der Waals surface area contributed by atoms with E-state index in [1.165, 1.54) is 6.07 Å². The molecule has 29 heavy (non-hydrogen) atoms. The van der Waals surface area contributed by atoms with Crippen LogP contribution in [0.4, 0.5) is 5.95 Å². The van der Waals surface area contributed by atoms with Crippen LogP contribution in [0.15, 0.2) is 6.07 Å². The molecular weight excluding hydrogens is 400 g/mol. The number of rotatable bonds is 6. The number of hydrogen-bond acceptors (Lipinski definition) is 7. The van der Waals surface area contributed by atoms with Crippen LogP contribution in [0.3, 0.4) is 0 Å².